The number of ketones is 1. The molecule has 0 saturated heterocycles. The van der Waals surface area contributed by atoms with Crippen molar-refractivity contribution in [2.75, 3.05) is 6.79 Å². The number of hydrogen-bond donors (Lipinski definition) is 0. The SMILES string of the molecule is N#Cc1ccc(C(=O)/C=C/c2ccc3c(c2)OCO3)cc1. The van der Waals surface area contributed by atoms with E-state index in [9.17, 15) is 4.79 Å². The molecule has 0 N–H and O–H groups in total. The van der Waals surface area contributed by atoms with Gasteiger partial charge in [0.25, 0.3) is 0 Å². The van der Waals surface area contributed by atoms with Crippen molar-refractivity contribution in [3.63, 3.8) is 0 Å². The predicted octanol–water partition coefficient (Wildman–Crippen LogP) is 3.18. The lowest BCUT2D eigenvalue weighted by molar-refractivity contribution is 0.104. The zero-order valence-electron chi connectivity index (χ0n) is 11.1. The van der Waals surface area contributed by atoms with Gasteiger partial charge in [-0.15, -0.1) is 0 Å². The molecule has 102 valence electrons. The van der Waals surface area contributed by atoms with Gasteiger partial charge >= 0.3 is 0 Å². The summed E-state index contributed by atoms with van der Waals surface area (Å²) in [5.74, 6) is 1.28. The number of allylic oxidation sites excluding steroid dienone is 1. The fourth-order valence-corrected chi connectivity index (χ4v) is 1.99. The Kier molecular flexibility index (Phi) is 3.40. The lowest BCUT2D eigenvalue weighted by atomic mass is 10.1. The molecule has 2 aromatic carbocycles. The minimum absolute atomic E-state index is 0.114. The van der Waals surface area contributed by atoms with Gasteiger partial charge in [0, 0.05) is 5.56 Å². The van der Waals surface area contributed by atoms with E-state index in [1.165, 1.54) is 6.08 Å². The topological polar surface area (TPSA) is 59.3 Å². The first-order valence-corrected chi connectivity index (χ1v) is 6.38. The van der Waals surface area contributed by atoms with Gasteiger partial charge in [0.05, 0.1) is 11.6 Å². The summed E-state index contributed by atoms with van der Waals surface area (Å²) >= 11 is 0. The van der Waals surface area contributed by atoms with E-state index in [4.69, 9.17) is 14.7 Å². The summed E-state index contributed by atoms with van der Waals surface area (Å²) in [6, 6.07) is 14.1. The van der Waals surface area contributed by atoms with Crippen LogP contribution in [0.5, 0.6) is 11.5 Å². The fourth-order valence-electron chi connectivity index (χ4n) is 1.99. The molecule has 3 rings (SSSR count). The Morgan fingerprint density at radius 3 is 2.62 bits per heavy atom. The van der Waals surface area contributed by atoms with E-state index < -0.39 is 0 Å². The van der Waals surface area contributed by atoms with E-state index in [1.807, 2.05) is 24.3 Å². The first kappa shape index (κ1) is 12.9. The lowest BCUT2D eigenvalue weighted by Crippen LogP contribution is -1.93. The average Bonchev–Trinajstić information content (AvgIpc) is 3.00. The van der Waals surface area contributed by atoms with E-state index in [1.54, 1.807) is 30.3 Å². The molecule has 0 saturated carbocycles. The van der Waals surface area contributed by atoms with Gasteiger partial charge < -0.3 is 9.47 Å². The average molecular weight is 277 g/mol. The van der Waals surface area contributed by atoms with Crippen LogP contribution in [-0.2, 0) is 0 Å². The fraction of sp³-hybridized carbons (Fsp3) is 0.0588. The molecule has 0 bridgehead atoms. The van der Waals surface area contributed by atoms with Crippen LogP contribution in [-0.4, -0.2) is 12.6 Å². The molecule has 4 heteroatoms. The van der Waals surface area contributed by atoms with Gasteiger partial charge in [-0.05, 0) is 48.0 Å². The molecule has 2 aromatic rings. The third-order valence-corrected chi connectivity index (χ3v) is 3.12. The summed E-state index contributed by atoms with van der Waals surface area (Å²) in [7, 11) is 0. The van der Waals surface area contributed by atoms with Crippen molar-refractivity contribution in [1.29, 1.82) is 5.26 Å². The molecule has 4 nitrogen and oxygen atoms in total. The highest BCUT2D eigenvalue weighted by atomic mass is 16.7. The highest BCUT2D eigenvalue weighted by molar-refractivity contribution is 6.06. The summed E-state index contributed by atoms with van der Waals surface area (Å²) in [4.78, 5) is 12.0. The Morgan fingerprint density at radius 2 is 1.86 bits per heavy atom. The quantitative estimate of drug-likeness (QED) is 0.638. The Hall–Kier alpha value is -3.06. The molecule has 0 radical (unpaired) electrons. The van der Waals surface area contributed by atoms with Gasteiger partial charge in [0.1, 0.15) is 0 Å². The molecule has 21 heavy (non-hydrogen) atoms. The van der Waals surface area contributed by atoms with Gasteiger partial charge in [-0.25, -0.2) is 0 Å². The zero-order chi connectivity index (χ0) is 14.7. The number of fused-ring (bicyclic) bond motifs is 1. The minimum Gasteiger partial charge on any atom is -0.454 e. The number of benzene rings is 2. The molecular weight excluding hydrogens is 266 g/mol. The summed E-state index contributed by atoms with van der Waals surface area (Å²) in [5.41, 5.74) is 1.94. The summed E-state index contributed by atoms with van der Waals surface area (Å²) in [6.07, 6.45) is 3.22. The van der Waals surface area contributed by atoms with Crippen LogP contribution < -0.4 is 9.47 Å². The molecule has 0 amide bonds. The molecular formula is C17H11NO3. The van der Waals surface area contributed by atoms with E-state index in [2.05, 4.69) is 0 Å². The summed E-state index contributed by atoms with van der Waals surface area (Å²) in [5, 5.41) is 8.73. The van der Waals surface area contributed by atoms with Gasteiger partial charge in [0.15, 0.2) is 17.3 Å². The van der Waals surface area contributed by atoms with E-state index in [0.29, 0.717) is 22.6 Å². The van der Waals surface area contributed by atoms with Gasteiger partial charge in [-0.2, -0.15) is 5.26 Å². The predicted molar refractivity (Wildman–Crippen MR) is 77.1 cm³/mol. The normalized spacial score (nSPS) is 12.3. The molecule has 0 unspecified atom stereocenters. The largest absolute Gasteiger partial charge is 0.454 e. The monoisotopic (exact) mass is 277 g/mol. The van der Waals surface area contributed by atoms with Crippen molar-refractivity contribution in [2.45, 2.75) is 0 Å². The Bertz CT molecular complexity index is 755. The standard InChI is InChI=1S/C17H11NO3/c18-10-13-1-5-14(6-2-13)15(19)7-3-12-4-8-16-17(9-12)21-11-20-16/h1-9H,11H2/b7-3+. The third-order valence-electron chi connectivity index (χ3n) is 3.12. The number of nitrogens with zero attached hydrogens (tertiary/aromatic N) is 1. The van der Waals surface area contributed by atoms with Crippen molar-refractivity contribution in [3.8, 4) is 17.6 Å². The zero-order valence-corrected chi connectivity index (χ0v) is 11.1. The second-order valence-electron chi connectivity index (χ2n) is 4.50. The van der Waals surface area contributed by atoms with Crippen LogP contribution in [0.4, 0.5) is 0 Å². The molecule has 0 spiro atoms. The molecule has 1 heterocycles. The number of hydrogen-bond acceptors (Lipinski definition) is 4. The minimum atomic E-state index is -0.114. The second-order valence-corrected chi connectivity index (χ2v) is 4.50. The van der Waals surface area contributed by atoms with Gasteiger partial charge in [0.2, 0.25) is 6.79 Å². The number of rotatable bonds is 3. The van der Waals surface area contributed by atoms with Gasteiger partial charge in [-0.1, -0.05) is 12.1 Å². The van der Waals surface area contributed by atoms with Crippen molar-refractivity contribution in [1.82, 2.24) is 0 Å². The van der Waals surface area contributed by atoms with E-state index in [-0.39, 0.29) is 12.6 Å². The second kappa shape index (κ2) is 5.51. The number of ether oxygens (including phenoxy) is 2. The summed E-state index contributed by atoms with van der Waals surface area (Å²) in [6.45, 7) is 0.229. The van der Waals surface area contributed by atoms with Crippen molar-refractivity contribution >= 4 is 11.9 Å². The Balaban J connectivity index is 1.76. The van der Waals surface area contributed by atoms with E-state index in [0.717, 1.165) is 5.56 Å². The van der Waals surface area contributed by atoms with Crippen molar-refractivity contribution in [3.05, 3.63) is 65.2 Å². The van der Waals surface area contributed by atoms with Crippen LogP contribution in [0, 0.1) is 11.3 Å². The molecule has 0 aliphatic carbocycles. The molecule has 1 aliphatic rings. The first-order valence-electron chi connectivity index (χ1n) is 6.38. The lowest BCUT2D eigenvalue weighted by Gasteiger charge is -1.98. The Morgan fingerprint density at radius 1 is 1.10 bits per heavy atom. The highest BCUT2D eigenvalue weighted by Gasteiger charge is 2.12. The third kappa shape index (κ3) is 2.77. The molecule has 1 aliphatic heterocycles. The number of nitriles is 1. The maximum absolute atomic E-state index is 12.0. The van der Waals surface area contributed by atoms with Crippen LogP contribution >= 0.6 is 0 Å². The van der Waals surface area contributed by atoms with Gasteiger partial charge in [-0.3, -0.25) is 4.79 Å². The van der Waals surface area contributed by atoms with Crippen LogP contribution in [0.25, 0.3) is 6.08 Å². The smallest absolute Gasteiger partial charge is 0.231 e. The Labute approximate surface area is 121 Å². The van der Waals surface area contributed by atoms with Crippen molar-refractivity contribution < 1.29 is 14.3 Å². The maximum Gasteiger partial charge on any atom is 0.231 e. The van der Waals surface area contributed by atoms with Crippen LogP contribution in [0.2, 0.25) is 0 Å². The first-order chi connectivity index (χ1) is 10.3. The van der Waals surface area contributed by atoms with Crippen LogP contribution in [0.3, 0.4) is 0 Å². The van der Waals surface area contributed by atoms with Crippen molar-refractivity contribution in [2.24, 2.45) is 0 Å². The highest BCUT2D eigenvalue weighted by Crippen LogP contribution is 2.32. The maximum atomic E-state index is 12.0. The molecule has 0 fully saturated rings. The summed E-state index contributed by atoms with van der Waals surface area (Å²) < 4.78 is 10.5. The molecule has 0 aromatic heterocycles. The van der Waals surface area contributed by atoms with Crippen LogP contribution in [0.15, 0.2) is 48.5 Å². The van der Waals surface area contributed by atoms with E-state index >= 15 is 0 Å². The number of carbonyl (C=O) groups excluding carboxylic acids is 1. The van der Waals surface area contributed by atoms with Crippen LogP contribution in [0.1, 0.15) is 21.5 Å². The number of carbonyl (C=O) groups is 1. The molecule has 0 atom stereocenters.